The Bertz CT molecular complexity index is 746. The maximum Gasteiger partial charge on any atom is 0.325 e. The zero-order chi connectivity index (χ0) is 16.9. The number of nitrogens with zero attached hydrogens (tertiary/aromatic N) is 1. The Balaban J connectivity index is 1.75. The van der Waals surface area contributed by atoms with E-state index in [9.17, 15) is 9.59 Å². The summed E-state index contributed by atoms with van der Waals surface area (Å²) in [5.41, 5.74) is 2.62. The Hall–Kier alpha value is -3.02. The van der Waals surface area contributed by atoms with Gasteiger partial charge < -0.3 is 14.8 Å². The third-order valence-electron chi connectivity index (χ3n) is 3.76. The monoisotopic (exact) mass is 326 g/mol. The van der Waals surface area contributed by atoms with Crippen molar-refractivity contribution in [1.82, 2.24) is 0 Å². The summed E-state index contributed by atoms with van der Waals surface area (Å²) < 4.78 is 10.1. The summed E-state index contributed by atoms with van der Waals surface area (Å²) in [6, 6.07) is 15.5. The minimum Gasteiger partial charge on any atom is -0.481 e. The number of ether oxygens (including phenoxy) is 2. The van der Waals surface area contributed by atoms with E-state index in [-0.39, 0.29) is 19.1 Å². The van der Waals surface area contributed by atoms with E-state index in [2.05, 4.69) is 10.1 Å². The number of methoxy groups -OCH3 is 1. The lowest BCUT2D eigenvalue weighted by molar-refractivity contribution is -0.140. The molecule has 6 heteroatoms. The molecule has 0 radical (unpaired) electrons. The van der Waals surface area contributed by atoms with Crippen molar-refractivity contribution in [3.8, 4) is 5.75 Å². The molecular formula is C18H18N2O4. The van der Waals surface area contributed by atoms with Gasteiger partial charge >= 0.3 is 5.97 Å². The van der Waals surface area contributed by atoms with Gasteiger partial charge in [0, 0.05) is 18.3 Å². The molecule has 1 N–H and O–H groups in total. The van der Waals surface area contributed by atoms with Gasteiger partial charge in [-0.25, -0.2) is 0 Å². The smallest absolute Gasteiger partial charge is 0.325 e. The number of hydrogen-bond donors (Lipinski definition) is 1. The molecule has 2 aromatic carbocycles. The number of nitrogens with one attached hydrogen (secondary N) is 1. The number of carbonyl (C=O) groups excluding carboxylic acids is 2. The van der Waals surface area contributed by atoms with Crippen LogP contribution in [0, 0.1) is 0 Å². The first kappa shape index (κ1) is 15.9. The molecular weight excluding hydrogens is 308 g/mol. The number of carbonyl (C=O) groups is 2. The number of anilines is 2. The lowest BCUT2D eigenvalue weighted by Crippen LogP contribution is -2.42. The van der Waals surface area contributed by atoms with Crippen LogP contribution in [0.4, 0.5) is 11.4 Å². The average molecular weight is 326 g/mol. The van der Waals surface area contributed by atoms with Crippen molar-refractivity contribution < 1.29 is 19.1 Å². The summed E-state index contributed by atoms with van der Waals surface area (Å²) >= 11 is 0. The van der Waals surface area contributed by atoms with E-state index in [0.717, 1.165) is 5.69 Å². The number of hydrogen-bond acceptors (Lipinski definition) is 5. The van der Waals surface area contributed by atoms with Gasteiger partial charge in [0.1, 0.15) is 12.3 Å². The Morgan fingerprint density at radius 1 is 1.25 bits per heavy atom. The van der Waals surface area contributed by atoms with Crippen LogP contribution in [-0.2, 0) is 20.9 Å². The molecule has 1 amide bonds. The van der Waals surface area contributed by atoms with Gasteiger partial charge in [0.05, 0.1) is 12.8 Å². The SMILES string of the molecule is COC(=O)CN1C(=O)COc2cc(NCc3ccccc3)ccc21. The third kappa shape index (κ3) is 3.48. The molecule has 124 valence electrons. The summed E-state index contributed by atoms with van der Waals surface area (Å²) in [4.78, 5) is 24.9. The maximum absolute atomic E-state index is 12.0. The van der Waals surface area contributed by atoms with Crippen molar-refractivity contribution in [1.29, 1.82) is 0 Å². The lowest BCUT2D eigenvalue weighted by Gasteiger charge is -2.28. The predicted octanol–water partition coefficient (Wildman–Crippen LogP) is 2.20. The van der Waals surface area contributed by atoms with Crippen molar-refractivity contribution in [3.05, 3.63) is 54.1 Å². The maximum atomic E-state index is 12.0. The van der Waals surface area contributed by atoms with Gasteiger partial charge in [-0.05, 0) is 17.7 Å². The van der Waals surface area contributed by atoms with Gasteiger partial charge in [0.15, 0.2) is 6.61 Å². The molecule has 0 aliphatic carbocycles. The zero-order valence-corrected chi connectivity index (χ0v) is 13.3. The Labute approximate surface area is 140 Å². The van der Waals surface area contributed by atoms with Crippen LogP contribution in [0.25, 0.3) is 0 Å². The van der Waals surface area contributed by atoms with Crippen LogP contribution < -0.4 is 15.0 Å². The molecule has 0 aromatic heterocycles. The second-order valence-electron chi connectivity index (χ2n) is 5.37. The van der Waals surface area contributed by atoms with Gasteiger partial charge in [-0.2, -0.15) is 0 Å². The van der Waals surface area contributed by atoms with Crippen molar-refractivity contribution in [2.45, 2.75) is 6.54 Å². The van der Waals surface area contributed by atoms with E-state index in [1.807, 2.05) is 42.5 Å². The molecule has 1 aliphatic rings. The molecule has 0 saturated heterocycles. The van der Waals surface area contributed by atoms with Gasteiger partial charge in [-0.3, -0.25) is 14.5 Å². The Morgan fingerprint density at radius 3 is 2.79 bits per heavy atom. The van der Waals surface area contributed by atoms with E-state index < -0.39 is 5.97 Å². The van der Waals surface area contributed by atoms with Crippen molar-refractivity contribution in [3.63, 3.8) is 0 Å². The van der Waals surface area contributed by atoms with Gasteiger partial charge in [0.2, 0.25) is 0 Å². The highest BCUT2D eigenvalue weighted by atomic mass is 16.5. The minimum atomic E-state index is -0.470. The fourth-order valence-electron chi connectivity index (χ4n) is 2.48. The van der Waals surface area contributed by atoms with E-state index in [1.165, 1.54) is 17.6 Å². The normalized spacial score (nSPS) is 13.0. The Kier molecular flexibility index (Phi) is 4.65. The first-order valence-electron chi connectivity index (χ1n) is 7.59. The molecule has 1 aliphatic heterocycles. The number of rotatable bonds is 5. The zero-order valence-electron chi connectivity index (χ0n) is 13.3. The van der Waals surface area contributed by atoms with E-state index in [4.69, 9.17) is 4.74 Å². The molecule has 0 atom stereocenters. The van der Waals surface area contributed by atoms with Crippen molar-refractivity contribution in [2.75, 3.05) is 30.5 Å². The fourth-order valence-corrected chi connectivity index (χ4v) is 2.48. The molecule has 0 spiro atoms. The minimum absolute atomic E-state index is 0.0911. The molecule has 0 unspecified atom stereocenters. The molecule has 0 saturated carbocycles. The Morgan fingerprint density at radius 2 is 2.04 bits per heavy atom. The number of esters is 1. The van der Waals surface area contributed by atoms with E-state index in [1.54, 1.807) is 6.07 Å². The molecule has 0 bridgehead atoms. The third-order valence-corrected chi connectivity index (χ3v) is 3.76. The largest absolute Gasteiger partial charge is 0.481 e. The molecule has 24 heavy (non-hydrogen) atoms. The highest BCUT2D eigenvalue weighted by Gasteiger charge is 2.27. The van der Waals surface area contributed by atoms with Crippen molar-refractivity contribution >= 4 is 23.3 Å². The summed E-state index contributed by atoms with van der Waals surface area (Å²) in [6.45, 7) is 0.471. The first-order valence-corrected chi connectivity index (χ1v) is 7.59. The molecule has 1 heterocycles. The average Bonchev–Trinajstić information content (AvgIpc) is 2.63. The first-order chi connectivity index (χ1) is 11.7. The molecule has 0 fully saturated rings. The molecule has 2 aromatic rings. The predicted molar refractivity (Wildman–Crippen MR) is 90.1 cm³/mol. The topological polar surface area (TPSA) is 67.9 Å². The number of amides is 1. The number of fused-ring (bicyclic) bond motifs is 1. The second-order valence-corrected chi connectivity index (χ2v) is 5.37. The standard InChI is InChI=1S/C18H18N2O4/c1-23-18(22)11-20-15-8-7-14(9-16(15)24-12-17(20)21)19-10-13-5-3-2-4-6-13/h2-9,19H,10-12H2,1H3. The fraction of sp³-hybridized carbons (Fsp3) is 0.222. The van der Waals surface area contributed by atoms with Gasteiger partial charge in [0.25, 0.3) is 5.91 Å². The van der Waals surface area contributed by atoms with Crippen LogP contribution in [0.5, 0.6) is 5.75 Å². The van der Waals surface area contributed by atoms with E-state index >= 15 is 0 Å². The lowest BCUT2D eigenvalue weighted by atomic mass is 10.2. The van der Waals surface area contributed by atoms with Crippen LogP contribution >= 0.6 is 0 Å². The summed E-state index contributed by atoms with van der Waals surface area (Å²) in [7, 11) is 1.30. The van der Waals surface area contributed by atoms with Crippen molar-refractivity contribution in [2.24, 2.45) is 0 Å². The molecule has 3 rings (SSSR count). The quantitative estimate of drug-likeness (QED) is 0.853. The van der Waals surface area contributed by atoms with E-state index in [0.29, 0.717) is 18.0 Å². The number of benzene rings is 2. The van der Waals surface area contributed by atoms with Crippen LogP contribution in [0.2, 0.25) is 0 Å². The van der Waals surface area contributed by atoms with Crippen LogP contribution in [0.15, 0.2) is 48.5 Å². The molecule has 6 nitrogen and oxygen atoms in total. The van der Waals surface area contributed by atoms with Gasteiger partial charge in [-0.15, -0.1) is 0 Å². The van der Waals surface area contributed by atoms with Crippen LogP contribution in [0.1, 0.15) is 5.56 Å². The summed E-state index contributed by atoms with van der Waals surface area (Å²) in [6.07, 6.45) is 0. The van der Waals surface area contributed by atoms with Crippen LogP contribution in [-0.4, -0.2) is 32.1 Å². The highest BCUT2D eigenvalue weighted by molar-refractivity contribution is 6.01. The van der Waals surface area contributed by atoms with Crippen LogP contribution in [0.3, 0.4) is 0 Å². The summed E-state index contributed by atoms with van der Waals surface area (Å²) in [5, 5.41) is 3.31. The second kappa shape index (κ2) is 7.04. The van der Waals surface area contributed by atoms with Gasteiger partial charge in [-0.1, -0.05) is 30.3 Å². The highest BCUT2D eigenvalue weighted by Crippen LogP contribution is 2.34. The summed E-state index contributed by atoms with van der Waals surface area (Å²) in [5.74, 6) is -0.170.